The second-order valence-corrected chi connectivity index (χ2v) is 8.51. The van der Waals surface area contributed by atoms with Crippen molar-refractivity contribution in [2.75, 3.05) is 26.7 Å². The normalized spacial score (nSPS) is 16.3. The van der Waals surface area contributed by atoms with Crippen molar-refractivity contribution < 1.29 is 0 Å². The summed E-state index contributed by atoms with van der Waals surface area (Å²) in [6, 6.07) is 10.3. The predicted molar refractivity (Wildman–Crippen MR) is 115 cm³/mol. The fourth-order valence-electron chi connectivity index (χ4n) is 3.41. The van der Waals surface area contributed by atoms with Gasteiger partial charge in [0, 0.05) is 30.1 Å². The summed E-state index contributed by atoms with van der Waals surface area (Å²) < 4.78 is 0. The number of benzene rings is 1. The van der Waals surface area contributed by atoms with Gasteiger partial charge in [0.1, 0.15) is 5.01 Å². The molecule has 146 valence electrons. The summed E-state index contributed by atoms with van der Waals surface area (Å²) in [7, 11) is 1.82. The molecule has 0 radical (unpaired) electrons. The molecule has 27 heavy (non-hydrogen) atoms. The van der Waals surface area contributed by atoms with E-state index in [0.29, 0.717) is 6.54 Å². The number of aromatic nitrogens is 1. The summed E-state index contributed by atoms with van der Waals surface area (Å²) in [6.07, 6.45) is 3.98. The lowest BCUT2D eigenvalue weighted by Gasteiger charge is -2.41. The smallest absolute Gasteiger partial charge is 0.191 e. The molecule has 1 aliphatic heterocycles. The van der Waals surface area contributed by atoms with Crippen LogP contribution in [0.5, 0.6) is 0 Å². The van der Waals surface area contributed by atoms with E-state index in [-0.39, 0.29) is 5.54 Å². The minimum Gasteiger partial charge on any atom is -0.355 e. The van der Waals surface area contributed by atoms with E-state index >= 15 is 0 Å². The minimum atomic E-state index is 0.124. The van der Waals surface area contributed by atoms with Crippen LogP contribution < -0.4 is 10.6 Å². The Bertz CT molecular complexity index is 732. The third-order valence-corrected chi connectivity index (χ3v) is 6.07. The van der Waals surface area contributed by atoms with Gasteiger partial charge in [0.15, 0.2) is 5.96 Å². The largest absolute Gasteiger partial charge is 0.355 e. The number of hydrogen-bond donors (Lipinski definition) is 2. The summed E-state index contributed by atoms with van der Waals surface area (Å²) >= 11 is 1.68. The molecular formula is C21H31N5S. The van der Waals surface area contributed by atoms with E-state index in [1.54, 1.807) is 11.3 Å². The van der Waals surface area contributed by atoms with Crippen molar-refractivity contribution >= 4 is 17.3 Å². The number of piperidine rings is 1. The first-order valence-corrected chi connectivity index (χ1v) is 10.7. The minimum absolute atomic E-state index is 0.124. The lowest BCUT2D eigenvalue weighted by atomic mass is 9.98. The second kappa shape index (κ2) is 9.33. The second-order valence-electron chi connectivity index (χ2n) is 7.65. The molecule has 0 amide bonds. The molecule has 0 saturated carbocycles. The van der Waals surface area contributed by atoms with Crippen LogP contribution in [0.1, 0.15) is 38.8 Å². The Hall–Kier alpha value is -1.92. The third-order valence-electron chi connectivity index (χ3n) is 5.13. The molecule has 1 saturated heterocycles. The molecule has 6 heteroatoms. The van der Waals surface area contributed by atoms with Crippen LogP contribution in [-0.2, 0) is 6.54 Å². The van der Waals surface area contributed by atoms with Crippen LogP contribution in [0.2, 0.25) is 0 Å². The van der Waals surface area contributed by atoms with E-state index in [9.17, 15) is 0 Å². The van der Waals surface area contributed by atoms with Gasteiger partial charge in [0.2, 0.25) is 0 Å². The topological polar surface area (TPSA) is 52.6 Å². The Morgan fingerprint density at radius 3 is 2.59 bits per heavy atom. The van der Waals surface area contributed by atoms with E-state index in [1.807, 2.05) is 25.2 Å². The number of hydrogen-bond acceptors (Lipinski definition) is 4. The van der Waals surface area contributed by atoms with E-state index in [1.165, 1.54) is 37.9 Å². The molecule has 5 nitrogen and oxygen atoms in total. The van der Waals surface area contributed by atoms with Crippen molar-refractivity contribution in [1.82, 2.24) is 20.5 Å². The maximum Gasteiger partial charge on any atom is 0.191 e. The van der Waals surface area contributed by atoms with Crippen LogP contribution in [0.4, 0.5) is 0 Å². The lowest BCUT2D eigenvalue weighted by molar-refractivity contribution is 0.0982. The molecule has 1 fully saturated rings. The van der Waals surface area contributed by atoms with Crippen LogP contribution in [0.3, 0.4) is 0 Å². The number of guanidine groups is 1. The zero-order valence-electron chi connectivity index (χ0n) is 16.7. The van der Waals surface area contributed by atoms with Gasteiger partial charge in [0.25, 0.3) is 0 Å². The fourth-order valence-corrected chi connectivity index (χ4v) is 4.23. The number of nitrogens with zero attached hydrogens (tertiary/aromatic N) is 3. The molecular weight excluding hydrogens is 354 g/mol. The van der Waals surface area contributed by atoms with E-state index in [2.05, 4.69) is 51.9 Å². The molecule has 2 aromatic rings. The number of nitrogens with one attached hydrogen (secondary N) is 2. The van der Waals surface area contributed by atoms with Gasteiger partial charge in [-0.2, -0.15) is 0 Å². The van der Waals surface area contributed by atoms with Crippen LogP contribution in [-0.4, -0.2) is 48.1 Å². The zero-order valence-corrected chi connectivity index (χ0v) is 17.5. The van der Waals surface area contributed by atoms with E-state index < -0.39 is 0 Å². The molecule has 1 aromatic carbocycles. The van der Waals surface area contributed by atoms with Crippen molar-refractivity contribution in [2.24, 2.45) is 4.99 Å². The molecule has 3 rings (SSSR count). The lowest BCUT2D eigenvalue weighted by Crippen LogP contribution is -2.54. The molecule has 2 N–H and O–H groups in total. The van der Waals surface area contributed by atoms with Gasteiger partial charge in [-0.15, -0.1) is 11.3 Å². The monoisotopic (exact) mass is 385 g/mol. The zero-order chi connectivity index (χ0) is 19.1. The van der Waals surface area contributed by atoms with Crippen LogP contribution >= 0.6 is 11.3 Å². The molecule has 1 aromatic heterocycles. The van der Waals surface area contributed by atoms with Gasteiger partial charge in [-0.05, 0) is 39.8 Å². The highest BCUT2D eigenvalue weighted by Crippen LogP contribution is 2.23. The Balaban J connectivity index is 1.50. The highest BCUT2D eigenvalue weighted by atomic mass is 32.1. The molecule has 0 unspecified atom stereocenters. The maximum absolute atomic E-state index is 4.73. The van der Waals surface area contributed by atoms with Crippen LogP contribution in [0, 0.1) is 0 Å². The van der Waals surface area contributed by atoms with Gasteiger partial charge < -0.3 is 10.6 Å². The Morgan fingerprint density at radius 2 is 1.89 bits per heavy atom. The summed E-state index contributed by atoms with van der Waals surface area (Å²) in [5.41, 5.74) is 2.33. The number of likely N-dealkylation sites (tertiary alicyclic amines) is 1. The Kier molecular flexibility index (Phi) is 6.85. The van der Waals surface area contributed by atoms with Crippen molar-refractivity contribution in [2.45, 2.75) is 45.2 Å². The quantitative estimate of drug-likeness (QED) is 0.587. The third kappa shape index (κ3) is 5.53. The first kappa shape index (κ1) is 19.8. The van der Waals surface area contributed by atoms with E-state index in [0.717, 1.165) is 23.2 Å². The Morgan fingerprint density at radius 1 is 1.15 bits per heavy atom. The Labute approximate surface area is 166 Å². The first-order valence-electron chi connectivity index (χ1n) is 9.78. The fraction of sp³-hybridized carbons (Fsp3) is 0.524. The number of aliphatic imine (C=N–C) groups is 1. The van der Waals surface area contributed by atoms with Gasteiger partial charge in [-0.3, -0.25) is 9.89 Å². The SMILES string of the molecule is CN=C(NCc1csc(-c2ccccc2)n1)NCC(C)(C)N1CCCCC1. The van der Waals surface area contributed by atoms with Gasteiger partial charge in [0.05, 0.1) is 12.2 Å². The molecule has 0 atom stereocenters. The highest BCUT2D eigenvalue weighted by molar-refractivity contribution is 7.13. The molecule has 0 bridgehead atoms. The highest BCUT2D eigenvalue weighted by Gasteiger charge is 2.27. The molecule has 1 aliphatic rings. The van der Waals surface area contributed by atoms with Gasteiger partial charge in [-0.25, -0.2) is 4.98 Å². The number of rotatable bonds is 6. The average molecular weight is 386 g/mol. The summed E-state index contributed by atoms with van der Waals surface area (Å²) in [6.45, 7) is 8.56. The molecule has 0 spiro atoms. The van der Waals surface area contributed by atoms with Crippen molar-refractivity contribution in [3.05, 3.63) is 41.4 Å². The standard InChI is InChI=1S/C21H31N5S/c1-21(2,26-12-8-5-9-13-26)16-24-20(22-3)23-14-18-15-27-19(25-18)17-10-6-4-7-11-17/h4,6-7,10-11,15H,5,8-9,12-14,16H2,1-3H3,(H2,22,23,24). The van der Waals surface area contributed by atoms with Gasteiger partial charge >= 0.3 is 0 Å². The number of thiazole rings is 1. The van der Waals surface area contributed by atoms with Crippen LogP contribution in [0.15, 0.2) is 40.7 Å². The van der Waals surface area contributed by atoms with Crippen molar-refractivity contribution in [1.29, 1.82) is 0 Å². The predicted octanol–water partition coefficient (Wildman–Crippen LogP) is 3.74. The maximum atomic E-state index is 4.73. The van der Waals surface area contributed by atoms with Gasteiger partial charge in [-0.1, -0.05) is 36.8 Å². The molecule has 2 heterocycles. The van der Waals surface area contributed by atoms with Crippen LogP contribution in [0.25, 0.3) is 10.6 Å². The first-order chi connectivity index (χ1) is 13.1. The average Bonchev–Trinajstić information content (AvgIpc) is 3.18. The summed E-state index contributed by atoms with van der Waals surface area (Å²) in [5.74, 6) is 0.828. The summed E-state index contributed by atoms with van der Waals surface area (Å²) in [4.78, 5) is 11.7. The van der Waals surface area contributed by atoms with Crippen molar-refractivity contribution in [3.8, 4) is 10.6 Å². The molecule has 0 aliphatic carbocycles. The van der Waals surface area contributed by atoms with Crippen molar-refractivity contribution in [3.63, 3.8) is 0 Å². The van der Waals surface area contributed by atoms with E-state index in [4.69, 9.17) is 4.98 Å². The summed E-state index contributed by atoms with van der Waals surface area (Å²) in [5, 5.41) is 10.0.